The summed E-state index contributed by atoms with van der Waals surface area (Å²) >= 11 is 5.72. The highest BCUT2D eigenvalue weighted by atomic mass is 35.5. The average molecular weight is 290 g/mol. The van der Waals surface area contributed by atoms with Gasteiger partial charge in [-0.15, -0.1) is 0 Å². The summed E-state index contributed by atoms with van der Waals surface area (Å²) in [5, 5.41) is 10.7. The van der Waals surface area contributed by atoms with Gasteiger partial charge < -0.3 is 5.11 Å². The summed E-state index contributed by atoms with van der Waals surface area (Å²) in [6.45, 7) is 1.82. The molecule has 1 aromatic carbocycles. The van der Waals surface area contributed by atoms with Gasteiger partial charge in [0.25, 0.3) is 0 Å². The lowest BCUT2D eigenvalue weighted by Gasteiger charge is -2.04. The Bertz CT molecular complexity index is 495. The van der Waals surface area contributed by atoms with E-state index >= 15 is 0 Å². The molecule has 0 aromatic heterocycles. The molecule has 100 valence electrons. The molecule has 0 radical (unpaired) electrons. The second kappa shape index (κ2) is 6.89. The highest BCUT2D eigenvalue weighted by molar-refractivity contribution is 7.92. The fourth-order valence-electron chi connectivity index (χ4n) is 1.20. The summed E-state index contributed by atoms with van der Waals surface area (Å²) in [4.78, 5) is 0. The molecule has 2 N–H and O–H groups in total. The van der Waals surface area contributed by atoms with Crippen LogP contribution >= 0.6 is 11.6 Å². The fourth-order valence-corrected chi connectivity index (χ4v) is 2.16. The molecule has 0 aliphatic heterocycles. The van der Waals surface area contributed by atoms with Crippen molar-refractivity contribution in [2.75, 3.05) is 6.54 Å². The third-order valence-corrected chi connectivity index (χ3v) is 3.53. The zero-order chi connectivity index (χ0) is 13.6. The molecule has 1 rings (SSSR count). The number of sulfonamides is 1. The van der Waals surface area contributed by atoms with Crippen LogP contribution in [0.5, 0.6) is 0 Å². The monoisotopic (exact) mass is 289 g/mol. The Morgan fingerprint density at radius 1 is 1.39 bits per heavy atom. The summed E-state index contributed by atoms with van der Waals surface area (Å²) in [6.07, 6.45) is 1.35. The van der Waals surface area contributed by atoms with Gasteiger partial charge in [0.15, 0.2) is 0 Å². The zero-order valence-electron chi connectivity index (χ0n) is 10.0. The number of nitrogens with one attached hydrogen (secondary N) is 1. The van der Waals surface area contributed by atoms with Gasteiger partial charge in [-0.25, -0.2) is 13.1 Å². The largest absolute Gasteiger partial charge is 0.393 e. The Labute approximate surface area is 112 Å². The number of hydrogen-bond donors (Lipinski definition) is 2. The zero-order valence-corrected chi connectivity index (χ0v) is 11.6. The topological polar surface area (TPSA) is 66.4 Å². The van der Waals surface area contributed by atoms with Gasteiger partial charge in [0.05, 0.1) is 6.10 Å². The first-order chi connectivity index (χ1) is 8.39. The molecule has 6 heteroatoms. The van der Waals surface area contributed by atoms with Crippen LogP contribution in [0.2, 0.25) is 5.02 Å². The van der Waals surface area contributed by atoms with Crippen LogP contribution in [0.15, 0.2) is 29.7 Å². The molecule has 0 heterocycles. The number of halogens is 1. The predicted molar refractivity (Wildman–Crippen MR) is 73.7 cm³/mol. The first-order valence-electron chi connectivity index (χ1n) is 5.50. The van der Waals surface area contributed by atoms with E-state index in [0.29, 0.717) is 11.4 Å². The van der Waals surface area contributed by atoms with Gasteiger partial charge in [-0.2, -0.15) is 0 Å². The number of aliphatic hydroxyl groups excluding tert-OH is 1. The van der Waals surface area contributed by atoms with E-state index in [2.05, 4.69) is 4.72 Å². The molecule has 0 saturated carbocycles. The van der Waals surface area contributed by atoms with Gasteiger partial charge in [-0.3, -0.25) is 0 Å². The number of aliphatic hydroxyl groups is 1. The lowest BCUT2D eigenvalue weighted by atomic mass is 10.2. The summed E-state index contributed by atoms with van der Waals surface area (Å²) in [6, 6.07) is 6.83. The number of hydrogen-bond acceptors (Lipinski definition) is 3. The van der Waals surface area contributed by atoms with E-state index in [1.54, 1.807) is 31.2 Å². The van der Waals surface area contributed by atoms with E-state index in [9.17, 15) is 8.42 Å². The van der Waals surface area contributed by atoms with Crippen LogP contribution in [-0.2, 0) is 10.0 Å². The van der Waals surface area contributed by atoms with Gasteiger partial charge >= 0.3 is 0 Å². The van der Waals surface area contributed by atoms with Gasteiger partial charge in [0.1, 0.15) is 0 Å². The van der Waals surface area contributed by atoms with E-state index in [-0.39, 0.29) is 6.54 Å². The second-order valence-corrected chi connectivity index (χ2v) is 6.02. The second-order valence-electron chi connectivity index (χ2n) is 3.93. The predicted octanol–water partition coefficient (Wildman–Crippen LogP) is 2.00. The molecule has 1 unspecified atom stereocenters. The van der Waals surface area contributed by atoms with Gasteiger partial charge in [0.2, 0.25) is 10.0 Å². The minimum Gasteiger partial charge on any atom is -0.393 e. The van der Waals surface area contributed by atoms with Crippen molar-refractivity contribution >= 4 is 27.7 Å². The minimum absolute atomic E-state index is 0.213. The minimum atomic E-state index is -3.46. The molecule has 4 nitrogen and oxygen atoms in total. The Morgan fingerprint density at radius 3 is 2.56 bits per heavy atom. The fraction of sp³-hybridized carbons (Fsp3) is 0.333. The third kappa shape index (κ3) is 6.16. The van der Waals surface area contributed by atoms with Crippen LogP contribution in [0.1, 0.15) is 18.9 Å². The molecule has 1 aromatic rings. The molecule has 0 aliphatic rings. The van der Waals surface area contributed by atoms with Gasteiger partial charge in [-0.1, -0.05) is 23.7 Å². The van der Waals surface area contributed by atoms with Crippen LogP contribution in [-0.4, -0.2) is 26.2 Å². The van der Waals surface area contributed by atoms with Crippen LogP contribution in [0.25, 0.3) is 6.08 Å². The Morgan fingerprint density at radius 2 is 2.00 bits per heavy atom. The summed E-state index contributed by atoms with van der Waals surface area (Å²) < 4.78 is 25.5. The molecular weight excluding hydrogens is 274 g/mol. The van der Waals surface area contributed by atoms with Crippen molar-refractivity contribution in [1.82, 2.24) is 4.72 Å². The van der Waals surface area contributed by atoms with Crippen LogP contribution in [0, 0.1) is 0 Å². The normalized spacial score (nSPS) is 13.9. The van der Waals surface area contributed by atoms with E-state index < -0.39 is 16.1 Å². The molecule has 18 heavy (non-hydrogen) atoms. The Balaban J connectivity index is 2.57. The maximum Gasteiger partial charge on any atom is 0.233 e. The molecule has 0 saturated heterocycles. The maximum absolute atomic E-state index is 11.5. The average Bonchev–Trinajstić information content (AvgIpc) is 2.27. The molecule has 0 bridgehead atoms. The number of rotatable bonds is 6. The van der Waals surface area contributed by atoms with E-state index in [1.165, 1.54) is 6.08 Å². The van der Waals surface area contributed by atoms with E-state index in [0.717, 1.165) is 11.0 Å². The highest BCUT2D eigenvalue weighted by Gasteiger charge is 2.05. The first kappa shape index (κ1) is 15.2. The van der Waals surface area contributed by atoms with Crippen LogP contribution < -0.4 is 4.72 Å². The van der Waals surface area contributed by atoms with Crippen molar-refractivity contribution < 1.29 is 13.5 Å². The third-order valence-electron chi connectivity index (χ3n) is 2.18. The molecule has 0 fully saturated rings. The van der Waals surface area contributed by atoms with Crippen molar-refractivity contribution in [2.45, 2.75) is 19.4 Å². The van der Waals surface area contributed by atoms with Crippen molar-refractivity contribution in [3.05, 3.63) is 40.3 Å². The quantitative estimate of drug-likeness (QED) is 0.842. The summed E-state index contributed by atoms with van der Waals surface area (Å²) in [7, 11) is -3.46. The molecule has 0 amide bonds. The Hall–Kier alpha value is -0.880. The SMILES string of the molecule is CC(O)CCNS(=O)(=O)C=Cc1ccc(Cl)cc1. The van der Waals surface area contributed by atoms with Crippen molar-refractivity contribution in [3.63, 3.8) is 0 Å². The van der Waals surface area contributed by atoms with Crippen LogP contribution in [0.3, 0.4) is 0 Å². The number of benzene rings is 1. The van der Waals surface area contributed by atoms with E-state index in [1.807, 2.05) is 0 Å². The van der Waals surface area contributed by atoms with Gasteiger partial charge in [0, 0.05) is 17.0 Å². The van der Waals surface area contributed by atoms with Crippen molar-refractivity contribution in [2.24, 2.45) is 0 Å². The Kier molecular flexibility index (Phi) is 5.81. The van der Waals surface area contributed by atoms with Crippen molar-refractivity contribution in [1.29, 1.82) is 0 Å². The lowest BCUT2D eigenvalue weighted by molar-refractivity contribution is 0.186. The molecule has 0 spiro atoms. The smallest absolute Gasteiger partial charge is 0.233 e. The van der Waals surface area contributed by atoms with Crippen molar-refractivity contribution in [3.8, 4) is 0 Å². The molecule has 1 atom stereocenters. The van der Waals surface area contributed by atoms with Gasteiger partial charge in [-0.05, 0) is 37.1 Å². The molecule has 0 aliphatic carbocycles. The maximum atomic E-state index is 11.5. The standard InChI is InChI=1S/C12H16ClNO3S/c1-10(15)6-8-14-18(16,17)9-7-11-2-4-12(13)5-3-11/h2-5,7,9-10,14-15H,6,8H2,1H3. The van der Waals surface area contributed by atoms with E-state index in [4.69, 9.17) is 16.7 Å². The summed E-state index contributed by atoms with van der Waals surface area (Å²) in [5.41, 5.74) is 0.750. The lowest BCUT2D eigenvalue weighted by Crippen LogP contribution is -2.24. The highest BCUT2D eigenvalue weighted by Crippen LogP contribution is 2.11. The van der Waals surface area contributed by atoms with Crippen LogP contribution in [0.4, 0.5) is 0 Å². The summed E-state index contributed by atoms with van der Waals surface area (Å²) in [5.74, 6) is 0. The first-order valence-corrected chi connectivity index (χ1v) is 7.43. The molecular formula is C12H16ClNO3S.